The summed E-state index contributed by atoms with van der Waals surface area (Å²) in [6, 6.07) is 12.1. The van der Waals surface area contributed by atoms with Crippen molar-refractivity contribution in [2.75, 3.05) is 30.8 Å². The molecule has 0 atom stereocenters. The summed E-state index contributed by atoms with van der Waals surface area (Å²) in [5, 5.41) is 3.68. The predicted molar refractivity (Wildman–Crippen MR) is 113 cm³/mol. The van der Waals surface area contributed by atoms with E-state index < -0.39 is 15.9 Å². The van der Waals surface area contributed by atoms with E-state index in [1.54, 1.807) is 6.07 Å². The molecule has 2 rings (SSSR count). The van der Waals surface area contributed by atoms with Crippen molar-refractivity contribution in [3.63, 3.8) is 0 Å². The Morgan fingerprint density at radius 1 is 1.14 bits per heavy atom. The lowest BCUT2D eigenvalue weighted by Gasteiger charge is -2.22. The lowest BCUT2D eigenvalue weighted by atomic mass is 10.1. The molecule has 0 radical (unpaired) electrons. The molecule has 0 aliphatic heterocycles. The predicted octanol–water partition coefficient (Wildman–Crippen LogP) is 3.52. The molecule has 0 saturated carbocycles. The zero-order chi connectivity index (χ0) is 20.7. The van der Waals surface area contributed by atoms with Crippen molar-refractivity contribution >= 4 is 44.8 Å². The standard InChI is InChI=1S/C19H22Cl2N2O4S/c1-27-18-10-9-15(12-17(18)21)23(28(2,25)26)13-19(24)22-11-5-7-14-6-3-4-8-16(14)20/h3-4,6,8-10,12H,5,7,11,13H2,1-2H3,(H,22,24). The molecule has 2 aromatic rings. The Labute approximate surface area is 175 Å². The van der Waals surface area contributed by atoms with E-state index in [0.29, 0.717) is 35.8 Å². The van der Waals surface area contributed by atoms with Crippen LogP contribution < -0.4 is 14.4 Å². The number of hydrogen-bond acceptors (Lipinski definition) is 4. The van der Waals surface area contributed by atoms with Crippen molar-refractivity contribution in [3.8, 4) is 5.75 Å². The van der Waals surface area contributed by atoms with Gasteiger partial charge in [0.1, 0.15) is 12.3 Å². The van der Waals surface area contributed by atoms with Gasteiger partial charge in [0.15, 0.2) is 0 Å². The number of methoxy groups -OCH3 is 1. The van der Waals surface area contributed by atoms with Gasteiger partial charge in [-0.3, -0.25) is 9.10 Å². The number of nitrogens with one attached hydrogen (secondary N) is 1. The van der Waals surface area contributed by atoms with Crippen molar-refractivity contribution in [3.05, 3.63) is 58.1 Å². The maximum atomic E-state index is 12.3. The molecule has 0 spiro atoms. The van der Waals surface area contributed by atoms with Crippen LogP contribution in [0.15, 0.2) is 42.5 Å². The molecule has 28 heavy (non-hydrogen) atoms. The molecule has 0 fully saturated rings. The smallest absolute Gasteiger partial charge is 0.240 e. The first kappa shape index (κ1) is 22.3. The van der Waals surface area contributed by atoms with E-state index in [4.69, 9.17) is 27.9 Å². The van der Waals surface area contributed by atoms with Gasteiger partial charge in [0, 0.05) is 11.6 Å². The molecule has 0 aliphatic carbocycles. The average molecular weight is 445 g/mol. The SMILES string of the molecule is COc1ccc(N(CC(=O)NCCCc2ccccc2Cl)S(C)(=O)=O)cc1Cl. The number of hydrogen-bond donors (Lipinski definition) is 1. The first-order valence-corrected chi connectivity index (χ1v) is 11.1. The number of carbonyl (C=O) groups is 1. The zero-order valence-corrected chi connectivity index (χ0v) is 17.9. The molecule has 0 heterocycles. The maximum absolute atomic E-state index is 12.3. The molecule has 2 aromatic carbocycles. The van der Waals surface area contributed by atoms with Crippen LogP contribution in [0.2, 0.25) is 10.0 Å². The Bertz CT molecular complexity index is 935. The summed E-state index contributed by atoms with van der Waals surface area (Å²) in [7, 11) is -2.21. The van der Waals surface area contributed by atoms with E-state index in [0.717, 1.165) is 16.1 Å². The van der Waals surface area contributed by atoms with Gasteiger partial charge in [-0.05, 0) is 42.7 Å². The Morgan fingerprint density at radius 2 is 1.86 bits per heavy atom. The van der Waals surface area contributed by atoms with Crippen molar-refractivity contribution in [1.29, 1.82) is 0 Å². The number of carbonyl (C=O) groups excluding carboxylic acids is 1. The molecule has 0 saturated heterocycles. The van der Waals surface area contributed by atoms with E-state index in [2.05, 4.69) is 5.32 Å². The van der Waals surface area contributed by atoms with Gasteiger partial charge >= 0.3 is 0 Å². The number of nitrogens with zero attached hydrogens (tertiary/aromatic N) is 1. The van der Waals surface area contributed by atoms with Crippen LogP contribution >= 0.6 is 23.2 Å². The zero-order valence-electron chi connectivity index (χ0n) is 15.6. The molecule has 1 N–H and O–H groups in total. The largest absolute Gasteiger partial charge is 0.495 e. The Kier molecular flexibility index (Phi) is 7.98. The van der Waals surface area contributed by atoms with Gasteiger partial charge in [0.05, 0.1) is 24.1 Å². The molecule has 0 aromatic heterocycles. The molecule has 6 nitrogen and oxygen atoms in total. The van der Waals surface area contributed by atoms with Crippen LogP contribution in [0.25, 0.3) is 0 Å². The second-order valence-electron chi connectivity index (χ2n) is 6.13. The highest BCUT2D eigenvalue weighted by Gasteiger charge is 2.21. The van der Waals surface area contributed by atoms with E-state index in [-0.39, 0.29) is 11.6 Å². The minimum atomic E-state index is -3.67. The van der Waals surface area contributed by atoms with Crippen LogP contribution in [-0.2, 0) is 21.2 Å². The van der Waals surface area contributed by atoms with E-state index in [1.807, 2.05) is 24.3 Å². The Morgan fingerprint density at radius 3 is 2.46 bits per heavy atom. The summed E-state index contributed by atoms with van der Waals surface area (Å²) in [5.74, 6) is 0.0133. The van der Waals surface area contributed by atoms with Crippen molar-refractivity contribution < 1.29 is 17.9 Å². The molecule has 152 valence electrons. The van der Waals surface area contributed by atoms with Gasteiger partial charge in [0.2, 0.25) is 15.9 Å². The Hall–Kier alpha value is -1.96. The monoisotopic (exact) mass is 444 g/mol. The van der Waals surface area contributed by atoms with Crippen LogP contribution in [0.3, 0.4) is 0 Å². The fourth-order valence-electron chi connectivity index (χ4n) is 2.60. The number of sulfonamides is 1. The molecule has 9 heteroatoms. The Balaban J connectivity index is 1.96. The van der Waals surface area contributed by atoms with Crippen molar-refractivity contribution in [2.24, 2.45) is 0 Å². The van der Waals surface area contributed by atoms with Gasteiger partial charge in [0.25, 0.3) is 0 Å². The third-order valence-corrected chi connectivity index (χ3v) is 5.82. The number of rotatable bonds is 9. The number of halogens is 2. The lowest BCUT2D eigenvalue weighted by Crippen LogP contribution is -2.40. The minimum Gasteiger partial charge on any atom is -0.495 e. The van der Waals surface area contributed by atoms with Crippen LogP contribution in [0.1, 0.15) is 12.0 Å². The topological polar surface area (TPSA) is 75.7 Å². The van der Waals surface area contributed by atoms with Gasteiger partial charge in [-0.25, -0.2) is 8.42 Å². The fraction of sp³-hybridized carbons (Fsp3) is 0.316. The summed E-state index contributed by atoms with van der Waals surface area (Å²) in [6.07, 6.45) is 2.43. The highest BCUT2D eigenvalue weighted by Crippen LogP contribution is 2.30. The van der Waals surface area contributed by atoms with Crippen molar-refractivity contribution in [1.82, 2.24) is 5.32 Å². The molecule has 0 unspecified atom stereocenters. The molecule has 1 amide bonds. The quantitative estimate of drug-likeness (QED) is 0.600. The maximum Gasteiger partial charge on any atom is 0.240 e. The highest BCUT2D eigenvalue weighted by molar-refractivity contribution is 7.92. The molecular weight excluding hydrogens is 423 g/mol. The summed E-state index contributed by atoms with van der Waals surface area (Å²) in [5.41, 5.74) is 1.29. The minimum absolute atomic E-state index is 0.258. The molecule has 0 bridgehead atoms. The third-order valence-electron chi connectivity index (χ3n) is 4.01. The van der Waals surface area contributed by atoms with Gasteiger partial charge in [-0.1, -0.05) is 41.4 Å². The van der Waals surface area contributed by atoms with E-state index in [1.165, 1.54) is 19.2 Å². The van der Waals surface area contributed by atoms with Crippen LogP contribution in [0.4, 0.5) is 5.69 Å². The molecular formula is C19H22Cl2N2O4S. The number of benzene rings is 2. The second kappa shape index (κ2) is 10.0. The fourth-order valence-corrected chi connectivity index (χ4v) is 3.94. The number of aryl methyl sites for hydroxylation is 1. The summed E-state index contributed by atoms with van der Waals surface area (Å²) >= 11 is 12.2. The van der Waals surface area contributed by atoms with Gasteiger partial charge in [-0.2, -0.15) is 0 Å². The normalized spacial score (nSPS) is 11.1. The van der Waals surface area contributed by atoms with Crippen LogP contribution in [0.5, 0.6) is 5.75 Å². The van der Waals surface area contributed by atoms with Crippen LogP contribution in [0, 0.1) is 0 Å². The second-order valence-corrected chi connectivity index (χ2v) is 8.85. The van der Waals surface area contributed by atoms with Crippen LogP contribution in [-0.4, -0.2) is 40.8 Å². The molecule has 0 aliphatic rings. The number of ether oxygens (including phenoxy) is 1. The third kappa shape index (κ3) is 6.29. The van der Waals surface area contributed by atoms with Gasteiger partial charge < -0.3 is 10.1 Å². The summed E-state index contributed by atoms with van der Waals surface area (Å²) < 4.78 is 30.4. The summed E-state index contributed by atoms with van der Waals surface area (Å²) in [6.45, 7) is 0.0681. The van der Waals surface area contributed by atoms with E-state index >= 15 is 0 Å². The number of anilines is 1. The lowest BCUT2D eigenvalue weighted by molar-refractivity contribution is -0.119. The average Bonchev–Trinajstić information content (AvgIpc) is 2.63. The first-order valence-electron chi connectivity index (χ1n) is 8.53. The highest BCUT2D eigenvalue weighted by atomic mass is 35.5. The first-order chi connectivity index (χ1) is 13.2. The van der Waals surface area contributed by atoms with E-state index in [9.17, 15) is 13.2 Å². The van der Waals surface area contributed by atoms with Crippen molar-refractivity contribution in [2.45, 2.75) is 12.8 Å². The van der Waals surface area contributed by atoms with Gasteiger partial charge in [-0.15, -0.1) is 0 Å². The number of amides is 1. The summed E-state index contributed by atoms with van der Waals surface area (Å²) in [4.78, 5) is 12.3.